The fraction of sp³-hybridized carbons (Fsp3) is 0.688. The third kappa shape index (κ3) is 3.23. The summed E-state index contributed by atoms with van der Waals surface area (Å²) in [4.78, 5) is 21.1. The van der Waals surface area contributed by atoms with Crippen LogP contribution < -0.4 is 0 Å². The van der Waals surface area contributed by atoms with E-state index in [2.05, 4.69) is 16.9 Å². The van der Waals surface area contributed by atoms with Crippen molar-refractivity contribution in [3.05, 3.63) is 23.3 Å². The Kier molecular flexibility index (Phi) is 5.28. The van der Waals surface area contributed by atoms with Crippen LogP contribution in [0.1, 0.15) is 67.8 Å². The van der Waals surface area contributed by atoms with Crippen LogP contribution in [-0.2, 0) is 21.5 Å². The molecule has 5 heteroatoms. The van der Waals surface area contributed by atoms with Crippen LogP contribution in [0.3, 0.4) is 0 Å². The summed E-state index contributed by atoms with van der Waals surface area (Å²) in [6, 6.07) is 0. The van der Waals surface area contributed by atoms with Crippen molar-refractivity contribution >= 4 is 5.97 Å². The van der Waals surface area contributed by atoms with Crippen molar-refractivity contribution in [2.45, 2.75) is 58.0 Å². The van der Waals surface area contributed by atoms with Gasteiger partial charge in [-0.3, -0.25) is 0 Å². The number of hydrogen-bond acceptors (Lipinski definition) is 5. The quantitative estimate of drug-likeness (QED) is 0.754. The highest BCUT2D eigenvalue weighted by Gasteiger charge is 2.39. The van der Waals surface area contributed by atoms with Crippen LogP contribution in [-0.4, -0.2) is 29.7 Å². The van der Waals surface area contributed by atoms with Crippen molar-refractivity contribution < 1.29 is 14.3 Å². The van der Waals surface area contributed by atoms with Gasteiger partial charge < -0.3 is 9.47 Å². The zero-order chi connectivity index (χ0) is 15.3. The molecule has 0 bridgehead atoms. The minimum absolute atomic E-state index is 0.342. The third-order valence-electron chi connectivity index (χ3n) is 4.06. The van der Waals surface area contributed by atoms with Crippen molar-refractivity contribution in [3.8, 4) is 0 Å². The van der Waals surface area contributed by atoms with Crippen molar-refractivity contribution in [3.63, 3.8) is 0 Å². The minimum Gasteiger partial charge on any atom is -0.462 e. The minimum atomic E-state index is -0.379. The molecular weight excluding hydrogens is 268 g/mol. The topological polar surface area (TPSA) is 61.3 Å². The van der Waals surface area contributed by atoms with Gasteiger partial charge in [-0.1, -0.05) is 13.3 Å². The van der Waals surface area contributed by atoms with Gasteiger partial charge in [-0.05, 0) is 39.0 Å². The first-order valence-corrected chi connectivity index (χ1v) is 7.75. The first-order chi connectivity index (χ1) is 10.2. The van der Waals surface area contributed by atoms with E-state index in [4.69, 9.17) is 9.47 Å². The number of methoxy groups -OCH3 is 1. The number of hydrogen-bond donors (Lipinski definition) is 0. The summed E-state index contributed by atoms with van der Waals surface area (Å²) in [5, 5.41) is 0. The van der Waals surface area contributed by atoms with Crippen LogP contribution in [0.4, 0.5) is 0 Å². The number of ether oxygens (including phenoxy) is 2. The van der Waals surface area contributed by atoms with Crippen LogP contribution in [0.15, 0.2) is 6.20 Å². The Morgan fingerprint density at radius 2 is 2.05 bits per heavy atom. The van der Waals surface area contributed by atoms with E-state index in [0.29, 0.717) is 18.0 Å². The zero-order valence-corrected chi connectivity index (χ0v) is 13.1. The average Bonchev–Trinajstić information content (AvgIpc) is 2.98. The van der Waals surface area contributed by atoms with Gasteiger partial charge in [0.25, 0.3) is 0 Å². The molecule has 1 saturated carbocycles. The highest BCUT2D eigenvalue weighted by Crippen LogP contribution is 2.40. The van der Waals surface area contributed by atoms with Gasteiger partial charge in [0.05, 0.1) is 17.9 Å². The summed E-state index contributed by atoms with van der Waals surface area (Å²) in [6.07, 6.45) is 7.39. The molecule has 1 heterocycles. The Morgan fingerprint density at radius 1 is 1.33 bits per heavy atom. The van der Waals surface area contributed by atoms with Crippen molar-refractivity contribution in [2.75, 3.05) is 13.7 Å². The summed E-state index contributed by atoms with van der Waals surface area (Å²) in [6.45, 7) is 4.22. The zero-order valence-electron chi connectivity index (χ0n) is 13.1. The molecule has 1 aromatic rings. The van der Waals surface area contributed by atoms with Crippen LogP contribution in [0.2, 0.25) is 0 Å². The van der Waals surface area contributed by atoms with E-state index in [1.807, 2.05) is 0 Å². The Bertz CT molecular complexity index is 496. The second kappa shape index (κ2) is 6.98. The Hall–Kier alpha value is -1.49. The first-order valence-electron chi connectivity index (χ1n) is 7.75. The SMILES string of the molecule is CCCc1nc(C2(OC)CCCC2)ncc1C(=O)OCC. The molecule has 5 nitrogen and oxygen atoms in total. The van der Waals surface area contributed by atoms with Crippen molar-refractivity contribution in [1.82, 2.24) is 9.97 Å². The third-order valence-corrected chi connectivity index (χ3v) is 4.06. The molecule has 0 radical (unpaired) electrons. The predicted molar refractivity (Wildman–Crippen MR) is 79.1 cm³/mol. The van der Waals surface area contributed by atoms with Crippen LogP contribution >= 0.6 is 0 Å². The molecule has 0 spiro atoms. The lowest BCUT2D eigenvalue weighted by atomic mass is 10.00. The van der Waals surface area contributed by atoms with Gasteiger partial charge in [0.1, 0.15) is 5.60 Å². The highest BCUT2D eigenvalue weighted by atomic mass is 16.5. The van der Waals surface area contributed by atoms with E-state index in [9.17, 15) is 4.79 Å². The number of carbonyl (C=O) groups excluding carboxylic acids is 1. The number of carbonyl (C=O) groups is 1. The maximum atomic E-state index is 12.0. The molecular formula is C16H24N2O3. The first kappa shape index (κ1) is 15.9. The lowest BCUT2D eigenvalue weighted by molar-refractivity contribution is -0.0165. The predicted octanol–water partition coefficient (Wildman–Crippen LogP) is 3.02. The molecule has 2 rings (SSSR count). The van der Waals surface area contributed by atoms with Gasteiger partial charge in [-0.2, -0.15) is 0 Å². The molecule has 0 saturated heterocycles. The summed E-state index contributed by atoms with van der Waals surface area (Å²) >= 11 is 0. The number of aryl methyl sites for hydroxylation is 1. The lowest BCUT2D eigenvalue weighted by Crippen LogP contribution is -2.28. The largest absolute Gasteiger partial charge is 0.462 e. The number of esters is 1. The number of rotatable bonds is 6. The monoisotopic (exact) mass is 292 g/mol. The van der Waals surface area contributed by atoms with E-state index < -0.39 is 0 Å². The maximum absolute atomic E-state index is 12.0. The summed E-state index contributed by atoms with van der Waals surface area (Å²) < 4.78 is 10.8. The van der Waals surface area contributed by atoms with Gasteiger partial charge in [0.15, 0.2) is 5.82 Å². The molecule has 1 fully saturated rings. The fourth-order valence-electron chi connectivity index (χ4n) is 2.91. The molecule has 1 aromatic heterocycles. The van der Waals surface area contributed by atoms with Crippen molar-refractivity contribution in [1.29, 1.82) is 0 Å². The molecule has 1 aliphatic carbocycles. The standard InChI is InChI=1S/C16H24N2O3/c1-4-8-13-12(14(19)21-5-2)11-17-15(18-13)16(20-3)9-6-7-10-16/h11H,4-10H2,1-3H3. The Labute approximate surface area is 126 Å². The van der Waals surface area contributed by atoms with Gasteiger partial charge in [0, 0.05) is 13.3 Å². The highest BCUT2D eigenvalue weighted by molar-refractivity contribution is 5.90. The molecule has 0 N–H and O–H groups in total. The molecule has 0 unspecified atom stereocenters. The number of aromatic nitrogens is 2. The molecule has 116 valence electrons. The second-order valence-corrected chi connectivity index (χ2v) is 5.43. The van der Waals surface area contributed by atoms with Gasteiger partial charge in [-0.25, -0.2) is 14.8 Å². The summed E-state index contributed by atoms with van der Waals surface area (Å²) in [5.41, 5.74) is 0.867. The molecule has 21 heavy (non-hydrogen) atoms. The maximum Gasteiger partial charge on any atom is 0.341 e. The average molecular weight is 292 g/mol. The molecule has 0 aromatic carbocycles. The second-order valence-electron chi connectivity index (χ2n) is 5.43. The molecule has 0 aliphatic heterocycles. The van der Waals surface area contributed by atoms with E-state index in [1.165, 1.54) is 0 Å². The van der Waals surface area contributed by atoms with Crippen molar-refractivity contribution in [2.24, 2.45) is 0 Å². The molecule has 0 atom stereocenters. The number of nitrogens with zero attached hydrogens (tertiary/aromatic N) is 2. The van der Waals surface area contributed by atoms with E-state index in [1.54, 1.807) is 20.2 Å². The normalized spacial score (nSPS) is 16.9. The van der Waals surface area contributed by atoms with E-state index in [-0.39, 0.29) is 11.6 Å². The molecule has 1 aliphatic rings. The summed E-state index contributed by atoms with van der Waals surface area (Å²) in [5.74, 6) is 0.365. The fourth-order valence-corrected chi connectivity index (χ4v) is 2.91. The smallest absolute Gasteiger partial charge is 0.341 e. The molecule has 0 amide bonds. The Balaban J connectivity index is 2.37. The Morgan fingerprint density at radius 3 is 2.62 bits per heavy atom. The summed E-state index contributed by atoms with van der Waals surface area (Å²) in [7, 11) is 1.72. The van der Waals surface area contributed by atoms with Gasteiger partial charge in [0.2, 0.25) is 0 Å². The lowest BCUT2D eigenvalue weighted by Gasteiger charge is -2.26. The van der Waals surface area contributed by atoms with Crippen LogP contribution in [0, 0.1) is 0 Å². The van der Waals surface area contributed by atoms with Crippen LogP contribution in [0.25, 0.3) is 0 Å². The van der Waals surface area contributed by atoms with Gasteiger partial charge in [-0.15, -0.1) is 0 Å². The van der Waals surface area contributed by atoms with Gasteiger partial charge >= 0.3 is 5.97 Å². The van der Waals surface area contributed by atoms with Crippen LogP contribution in [0.5, 0.6) is 0 Å². The van der Waals surface area contributed by atoms with E-state index >= 15 is 0 Å². The van der Waals surface area contributed by atoms with E-state index in [0.717, 1.165) is 44.2 Å².